The largest absolute Gasteiger partial charge is 0.395 e. The lowest BCUT2D eigenvalue weighted by atomic mass is 10.1. The zero-order chi connectivity index (χ0) is 43.2. The molecule has 6 nitrogen and oxygen atoms in total. The van der Waals surface area contributed by atoms with Gasteiger partial charge in [0.1, 0.15) is 6.29 Å². The summed E-state index contributed by atoms with van der Waals surface area (Å²) in [6.07, 6.45) is 48.5. The number of hydrogen-bond acceptors (Lipinski definition) is 8. The van der Waals surface area contributed by atoms with Gasteiger partial charge in [0, 0.05) is 30.7 Å². The van der Waals surface area contributed by atoms with Crippen molar-refractivity contribution in [3.63, 3.8) is 0 Å². The van der Waals surface area contributed by atoms with E-state index in [1.165, 1.54) is 160 Å². The molecule has 59 heavy (non-hydrogen) atoms. The molecule has 0 radical (unpaired) electrons. The molecule has 0 amide bonds. The molecule has 0 rings (SSSR count). The first-order chi connectivity index (χ1) is 28.9. The lowest BCUT2D eigenvalue weighted by molar-refractivity contribution is -0.103. The van der Waals surface area contributed by atoms with Gasteiger partial charge < -0.3 is 23.8 Å². The molecule has 0 aromatic carbocycles. The molecule has 0 aliphatic heterocycles. The third kappa shape index (κ3) is 44.6. The van der Waals surface area contributed by atoms with Crippen molar-refractivity contribution in [3.8, 4) is 0 Å². The standard InChI is InChI=1S/C50H101NO5S2Si/c1-6-9-12-15-18-20-21-22-23-24-25-26-27-30-35-40-50(56-59(4,5)55-46-37-32-31-36-41-51(42-44-52)43-45-53)54-48-49(39-34-29-17-14-11-8-3)58-57-47-38-33-28-19-16-13-10-7-2/h18,20,22-23,49-50,52-53H,6-17,19,21,24-48H2,1-5H3/b20-18-,23-22-. The summed E-state index contributed by atoms with van der Waals surface area (Å²) < 4.78 is 20.1. The van der Waals surface area contributed by atoms with Crippen LogP contribution in [0, 0.1) is 0 Å². The van der Waals surface area contributed by atoms with Gasteiger partial charge >= 0.3 is 8.56 Å². The second kappa shape index (κ2) is 47.6. The highest BCUT2D eigenvalue weighted by atomic mass is 33.1. The van der Waals surface area contributed by atoms with E-state index in [9.17, 15) is 10.2 Å². The zero-order valence-corrected chi connectivity index (χ0v) is 42.6. The van der Waals surface area contributed by atoms with Gasteiger partial charge in [-0.1, -0.05) is 195 Å². The number of unbranched alkanes of at least 4 members (excludes halogenated alkanes) is 23. The second-order valence-corrected chi connectivity index (χ2v) is 23.5. The molecule has 352 valence electrons. The Morgan fingerprint density at radius 3 is 1.64 bits per heavy atom. The summed E-state index contributed by atoms with van der Waals surface area (Å²) in [6.45, 7) is 15.2. The van der Waals surface area contributed by atoms with Crippen LogP contribution in [0.4, 0.5) is 0 Å². The fourth-order valence-corrected chi connectivity index (χ4v) is 11.5. The smallest absolute Gasteiger partial charge is 0.333 e. The lowest BCUT2D eigenvalue weighted by Gasteiger charge is -2.30. The van der Waals surface area contributed by atoms with E-state index in [1.807, 2.05) is 0 Å². The van der Waals surface area contributed by atoms with Crippen molar-refractivity contribution < 1.29 is 23.8 Å². The molecule has 9 heteroatoms. The highest BCUT2D eigenvalue weighted by Crippen LogP contribution is 2.32. The monoisotopic (exact) mass is 888 g/mol. The maximum Gasteiger partial charge on any atom is 0.333 e. The van der Waals surface area contributed by atoms with Crippen molar-refractivity contribution in [1.29, 1.82) is 0 Å². The van der Waals surface area contributed by atoms with Crippen molar-refractivity contribution in [2.75, 3.05) is 51.8 Å². The van der Waals surface area contributed by atoms with Gasteiger partial charge in [-0.05, 0) is 90.3 Å². The Labute approximate surface area is 377 Å². The van der Waals surface area contributed by atoms with E-state index < -0.39 is 8.56 Å². The van der Waals surface area contributed by atoms with E-state index in [4.69, 9.17) is 13.6 Å². The van der Waals surface area contributed by atoms with Gasteiger partial charge in [-0.3, -0.25) is 4.90 Å². The van der Waals surface area contributed by atoms with E-state index in [1.54, 1.807) is 0 Å². The third-order valence-electron chi connectivity index (χ3n) is 11.1. The molecule has 0 saturated heterocycles. The average molecular weight is 889 g/mol. The van der Waals surface area contributed by atoms with Crippen molar-refractivity contribution in [2.45, 2.75) is 244 Å². The molecule has 0 bridgehead atoms. The minimum Gasteiger partial charge on any atom is -0.395 e. The van der Waals surface area contributed by atoms with Crippen LogP contribution in [0.15, 0.2) is 24.3 Å². The topological polar surface area (TPSA) is 71.4 Å². The van der Waals surface area contributed by atoms with Crippen LogP contribution in [-0.4, -0.2) is 87.0 Å². The van der Waals surface area contributed by atoms with E-state index in [0.717, 1.165) is 64.7 Å². The predicted octanol–water partition coefficient (Wildman–Crippen LogP) is 15.4. The van der Waals surface area contributed by atoms with Gasteiger partial charge in [-0.25, -0.2) is 0 Å². The van der Waals surface area contributed by atoms with Gasteiger partial charge in [-0.15, -0.1) is 0 Å². The van der Waals surface area contributed by atoms with Crippen LogP contribution < -0.4 is 0 Å². The van der Waals surface area contributed by atoms with Crippen molar-refractivity contribution in [1.82, 2.24) is 4.90 Å². The normalized spacial score (nSPS) is 13.5. The van der Waals surface area contributed by atoms with Gasteiger partial charge in [-0.2, -0.15) is 0 Å². The molecule has 0 heterocycles. The summed E-state index contributed by atoms with van der Waals surface area (Å²) in [4.78, 5) is 2.14. The van der Waals surface area contributed by atoms with Crippen molar-refractivity contribution in [2.24, 2.45) is 0 Å². The van der Waals surface area contributed by atoms with Gasteiger partial charge in [0.15, 0.2) is 0 Å². The molecular weight excluding hydrogens is 787 g/mol. The van der Waals surface area contributed by atoms with Crippen LogP contribution in [0.25, 0.3) is 0 Å². The second-order valence-electron chi connectivity index (χ2n) is 17.4. The lowest BCUT2D eigenvalue weighted by Crippen LogP contribution is -2.41. The molecule has 2 unspecified atom stereocenters. The van der Waals surface area contributed by atoms with E-state index in [0.29, 0.717) is 18.3 Å². The Kier molecular flexibility index (Phi) is 47.8. The van der Waals surface area contributed by atoms with Gasteiger partial charge in [0.25, 0.3) is 0 Å². The van der Waals surface area contributed by atoms with Crippen LogP contribution in [-0.2, 0) is 13.6 Å². The molecule has 0 saturated carbocycles. The van der Waals surface area contributed by atoms with Crippen LogP contribution >= 0.6 is 21.6 Å². The SMILES string of the molecule is CCCCC/C=C\C/C=C\CCCCCCCC(OCC(CCCCCCCC)SSCCCCCCCCCC)O[Si](C)(C)OCCCCCCN(CCO)CCO. The number of aliphatic hydroxyl groups is 2. The Morgan fingerprint density at radius 1 is 0.542 bits per heavy atom. The molecule has 0 aromatic rings. The fourth-order valence-electron chi connectivity index (χ4n) is 7.34. The summed E-state index contributed by atoms with van der Waals surface area (Å²) in [6, 6.07) is 0. The highest BCUT2D eigenvalue weighted by Gasteiger charge is 2.29. The number of rotatable bonds is 49. The van der Waals surface area contributed by atoms with Gasteiger partial charge in [0.2, 0.25) is 0 Å². The van der Waals surface area contributed by atoms with Crippen LogP contribution in [0.2, 0.25) is 13.1 Å². The third-order valence-corrected chi connectivity index (χ3v) is 15.8. The first-order valence-corrected chi connectivity index (χ1v) is 30.6. The minimum atomic E-state index is -2.37. The predicted molar refractivity (Wildman–Crippen MR) is 267 cm³/mol. The summed E-state index contributed by atoms with van der Waals surface area (Å²) in [5.74, 6) is 1.25. The summed E-state index contributed by atoms with van der Waals surface area (Å²) in [7, 11) is 1.80. The first-order valence-electron chi connectivity index (χ1n) is 25.4. The van der Waals surface area contributed by atoms with Crippen molar-refractivity contribution >= 4 is 30.1 Å². The van der Waals surface area contributed by atoms with E-state index in [2.05, 4.69) is 84.7 Å². The molecule has 0 spiro atoms. The molecular formula is C50H101NO5S2Si. The molecule has 0 aromatic heterocycles. The highest BCUT2D eigenvalue weighted by molar-refractivity contribution is 8.76. The van der Waals surface area contributed by atoms with Crippen molar-refractivity contribution in [3.05, 3.63) is 24.3 Å². The Hall–Kier alpha value is 0.157. The van der Waals surface area contributed by atoms with E-state index >= 15 is 0 Å². The Balaban J connectivity index is 5.01. The number of allylic oxidation sites excluding steroid dienone is 4. The number of ether oxygens (including phenoxy) is 1. The first kappa shape index (κ1) is 59.2. The number of aliphatic hydroxyl groups excluding tert-OH is 2. The van der Waals surface area contributed by atoms with E-state index in [-0.39, 0.29) is 19.5 Å². The summed E-state index contributed by atoms with van der Waals surface area (Å²) in [5.41, 5.74) is 0. The minimum absolute atomic E-state index is 0.144. The molecule has 0 aliphatic carbocycles. The van der Waals surface area contributed by atoms with Gasteiger partial charge in [0.05, 0.1) is 19.8 Å². The molecule has 0 fully saturated rings. The maximum absolute atomic E-state index is 9.28. The fraction of sp³-hybridized carbons (Fsp3) is 0.920. The Bertz CT molecular complexity index is 876. The maximum atomic E-state index is 9.28. The molecule has 0 aliphatic rings. The van der Waals surface area contributed by atoms with Crippen LogP contribution in [0.1, 0.15) is 220 Å². The summed E-state index contributed by atoms with van der Waals surface area (Å²) in [5, 5.41) is 19.1. The average Bonchev–Trinajstić information content (AvgIpc) is 3.22. The number of nitrogens with zero attached hydrogens (tertiary/aromatic N) is 1. The summed E-state index contributed by atoms with van der Waals surface area (Å²) >= 11 is 0. The molecule has 2 N–H and O–H groups in total. The van der Waals surface area contributed by atoms with Crippen LogP contribution in [0.3, 0.4) is 0 Å². The zero-order valence-electron chi connectivity index (χ0n) is 39.9. The molecule has 2 atom stereocenters. The quantitative estimate of drug-likeness (QED) is 0.0206. The number of hydrogen-bond donors (Lipinski definition) is 2. The Morgan fingerprint density at radius 2 is 1.03 bits per heavy atom. The van der Waals surface area contributed by atoms with Crippen LogP contribution in [0.5, 0.6) is 0 Å².